The van der Waals surface area contributed by atoms with Crippen LogP contribution in [0.4, 0.5) is 4.79 Å². The molecule has 0 fully saturated rings. The van der Waals surface area contributed by atoms with Gasteiger partial charge >= 0.3 is 12.1 Å². The second-order valence-electron chi connectivity index (χ2n) is 5.43. The highest BCUT2D eigenvalue weighted by Gasteiger charge is 2.24. The fourth-order valence-corrected chi connectivity index (χ4v) is 2.65. The number of nitrogens with two attached hydrogens (primary N) is 1. The Bertz CT molecular complexity index is 540. The zero-order valence-corrected chi connectivity index (χ0v) is 15.2. The molecule has 0 radical (unpaired) electrons. The van der Waals surface area contributed by atoms with Gasteiger partial charge in [0.15, 0.2) is 0 Å². The molecule has 1 aromatic carbocycles. The van der Waals surface area contributed by atoms with Crippen molar-refractivity contribution in [2.45, 2.75) is 38.8 Å². The minimum atomic E-state index is -1.04. The fourth-order valence-electron chi connectivity index (χ4n) is 1.44. The summed E-state index contributed by atoms with van der Waals surface area (Å²) in [5.41, 5.74) is 5.87. The molecule has 0 amide bonds. The van der Waals surface area contributed by atoms with E-state index in [1.54, 1.807) is 20.8 Å². The van der Waals surface area contributed by atoms with Crippen molar-refractivity contribution in [3.05, 3.63) is 32.7 Å². The number of benzene rings is 1. The second kappa shape index (κ2) is 7.38. The van der Waals surface area contributed by atoms with Gasteiger partial charge in [-0.2, -0.15) is 0 Å². The predicted molar refractivity (Wildman–Crippen MR) is 85.8 cm³/mol. The number of rotatable bonds is 3. The lowest BCUT2D eigenvalue weighted by Gasteiger charge is -2.19. The van der Waals surface area contributed by atoms with Crippen molar-refractivity contribution in [2.24, 2.45) is 5.73 Å². The molecule has 7 heteroatoms. The van der Waals surface area contributed by atoms with Crippen LogP contribution in [0.3, 0.4) is 0 Å². The minimum Gasteiger partial charge on any atom is -0.428 e. The monoisotopic (exact) mass is 421 g/mol. The molecule has 0 aromatic heterocycles. The van der Waals surface area contributed by atoms with E-state index in [4.69, 9.17) is 10.5 Å². The van der Waals surface area contributed by atoms with Crippen molar-refractivity contribution in [2.75, 3.05) is 0 Å². The lowest BCUT2D eigenvalue weighted by Crippen LogP contribution is -2.37. The first-order valence-electron chi connectivity index (χ1n) is 6.22. The van der Waals surface area contributed by atoms with Gasteiger partial charge in [0.1, 0.15) is 11.6 Å². The highest BCUT2D eigenvalue weighted by molar-refractivity contribution is 9.11. The molecule has 1 atom stereocenters. The van der Waals surface area contributed by atoms with E-state index in [1.165, 1.54) is 0 Å². The van der Waals surface area contributed by atoms with Gasteiger partial charge in [0.05, 0.1) is 0 Å². The summed E-state index contributed by atoms with van der Waals surface area (Å²) in [4.78, 5) is 23.2. The average molecular weight is 423 g/mol. The van der Waals surface area contributed by atoms with Gasteiger partial charge in [0, 0.05) is 8.95 Å². The maximum atomic E-state index is 11.7. The molecule has 0 aliphatic heterocycles. The van der Waals surface area contributed by atoms with Gasteiger partial charge in [-0.1, -0.05) is 37.9 Å². The largest absolute Gasteiger partial charge is 0.516 e. The van der Waals surface area contributed by atoms with Crippen LogP contribution in [0.2, 0.25) is 0 Å². The van der Waals surface area contributed by atoms with Crippen molar-refractivity contribution in [3.63, 3.8) is 0 Å². The zero-order chi connectivity index (χ0) is 16.2. The van der Waals surface area contributed by atoms with Gasteiger partial charge in [-0.15, -0.1) is 0 Å². The third kappa shape index (κ3) is 6.58. The molecule has 116 valence electrons. The highest BCUT2D eigenvalue weighted by Crippen LogP contribution is 2.23. The smallest absolute Gasteiger partial charge is 0.428 e. The molecule has 0 saturated carbocycles. The van der Waals surface area contributed by atoms with E-state index in [-0.39, 0.29) is 6.42 Å². The second-order valence-corrected chi connectivity index (χ2v) is 7.20. The van der Waals surface area contributed by atoms with Gasteiger partial charge in [-0.25, -0.2) is 9.59 Å². The SMILES string of the molecule is CC(C)(C)OC(=O)OC(=O)[C@@H](N)Cc1ccc(Br)cc1Br. The first-order chi connectivity index (χ1) is 9.58. The van der Waals surface area contributed by atoms with Gasteiger partial charge in [-0.3, -0.25) is 0 Å². The molecule has 0 saturated heterocycles. The Hall–Kier alpha value is -0.920. The topological polar surface area (TPSA) is 78.6 Å². The van der Waals surface area contributed by atoms with Crippen LogP contribution in [0.5, 0.6) is 0 Å². The molecule has 1 rings (SSSR count). The van der Waals surface area contributed by atoms with Crippen molar-refractivity contribution < 1.29 is 19.1 Å². The normalized spacial score (nSPS) is 12.7. The van der Waals surface area contributed by atoms with Crippen molar-refractivity contribution in [1.29, 1.82) is 0 Å². The molecule has 1 aromatic rings. The van der Waals surface area contributed by atoms with E-state index in [9.17, 15) is 9.59 Å². The summed E-state index contributed by atoms with van der Waals surface area (Å²) in [5, 5.41) is 0. The van der Waals surface area contributed by atoms with Crippen LogP contribution in [0.1, 0.15) is 26.3 Å². The van der Waals surface area contributed by atoms with Gasteiger partial charge in [-0.05, 0) is 44.9 Å². The maximum Gasteiger partial charge on any atom is 0.516 e. The highest BCUT2D eigenvalue weighted by atomic mass is 79.9. The lowest BCUT2D eigenvalue weighted by atomic mass is 10.1. The molecule has 0 spiro atoms. The number of ether oxygens (including phenoxy) is 2. The Labute approximate surface area is 140 Å². The van der Waals surface area contributed by atoms with Gasteiger partial charge in [0.25, 0.3) is 0 Å². The standard InChI is InChI=1S/C14H17Br2NO4/c1-14(2,3)21-13(19)20-12(18)11(17)6-8-4-5-9(15)7-10(8)16/h4-5,7,11H,6,17H2,1-3H3/t11-/m0/s1. The zero-order valence-electron chi connectivity index (χ0n) is 12.0. The lowest BCUT2D eigenvalue weighted by molar-refractivity contribution is -0.142. The van der Waals surface area contributed by atoms with E-state index in [1.807, 2.05) is 18.2 Å². The fraction of sp³-hybridized carbons (Fsp3) is 0.429. The first kappa shape index (κ1) is 18.1. The summed E-state index contributed by atoms with van der Waals surface area (Å²) in [7, 11) is 0. The Kier molecular flexibility index (Phi) is 6.37. The Morgan fingerprint density at radius 2 is 1.90 bits per heavy atom. The molecule has 0 heterocycles. The number of carbonyl (C=O) groups is 2. The first-order valence-corrected chi connectivity index (χ1v) is 7.81. The molecule has 0 bridgehead atoms. The molecule has 0 aliphatic rings. The van der Waals surface area contributed by atoms with Crippen molar-refractivity contribution in [1.82, 2.24) is 0 Å². The van der Waals surface area contributed by atoms with E-state index in [2.05, 4.69) is 36.6 Å². The summed E-state index contributed by atoms with van der Waals surface area (Å²) < 4.78 is 11.2. The van der Waals surface area contributed by atoms with Gasteiger partial charge in [0.2, 0.25) is 0 Å². The van der Waals surface area contributed by atoms with Crippen LogP contribution in [0.25, 0.3) is 0 Å². The van der Waals surface area contributed by atoms with Crippen LogP contribution in [-0.4, -0.2) is 23.8 Å². The molecule has 21 heavy (non-hydrogen) atoms. The van der Waals surface area contributed by atoms with Crippen LogP contribution >= 0.6 is 31.9 Å². The quantitative estimate of drug-likeness (QED) is 0.595. The Balaban J connectivity index is 2.61. The molecular weight excluding hydrogens is 406 g/mol. The molecule has 0 aliphatic carbocycles. The molecule has 5 nitrogen and oxygen atoms in total. The summed E-state index contributed by atoms with van der Waals surface area (Å²) in [6.07, 6.45) is -0.798. The molecule has 0 unspecified atom stereocenters. The number of hydrogen-bond donors (Lipinski definition) is 1. The van der Waals surface area contributed by atoms with E-state index < -0.39 is 23.8 Å². The summed E-state index contributed by atoms with van der Waals surface area (Å²) in [6, 6.07) is 4.57. The van der Waals surface area contributed by atoms with Crippen molar-refractivity contribution >= 4 is 44.0 Å². The van der Waals surface area contributed by atoms with Crippen LogP contribution in [0.15, 0.2) is 27.1 Å². The maximum absolute atomic E-state index is 11.7. The minimum absolute atomic E-state index is 0.246. The molecule has 2 N–H and O–H groups in total. The van der Waals surface area contributed by atoms with Crippen LogP contribution < -0.4 is 5.73 Å². The number of hydrogen-bond acceptors (Lipinski definition) is 5. The van der Waals surface area contributed by atoms with E-state index >= 15 is 0 Å². The van der Waals surface area contributed by atoms with Gasteiger partial charge < -0.3 is 15.2 Å². The number of halogens is 2. The summed E-state index contributed by atoms with van der Waals surface area (Å²) >= 11 is 6.72. The third-order valence-corrected chi connectivity index (χ3v) is 3.56. The summed E-state index contributed by atoms with van der Waals surface area (Å²) in [6.45, 7) is 5.03. The number of esters is 1. The third-order valence-electron chi connectivity index (χ3n) is 2.33. The summed E-state index contributed by atoms with van der Waals surface area (Å²) in [5.74, 6) is -0.820. The van der Waals surface area contributed by atoms with Crippen LogP contribution in [0, 0.1) is 0 Å². The van der Waals surface area contributed by atoms with Crippen molar-refractivity contribution in [3.8, 4) is 0 Å². The Morgan fingerprint density at radius 1 is 1.29 bits per heavy atom. The van der Waals surface area contributed by atoms with E-state index in [0.29, 0.717) is 0 Å². The molecular formula is C14H17Br2NO4. The predicted octanol–water partition coefficient (Wildman–Crippen LogP) is 3.56. The number of carbonyl (C=O) groups excluding carboxylic acids is 2. The van der Waals surface area contributed by atoms with E-state index in [0.717, 1.165) is 14.5 Å². The van der Waals surface area contributed by atoms with Crippen LogP contribution in [-0.2, 0) is 20.7 Å². The average Bonchev–Trinajstić information content (AvgIpc) is 2.29. The Morgan fingerprint density at radius 3 is 2.43 bits per heavy atom.